The van der Waals surface area contributed by atoms with E-state index in [2.05, 4.69) is 15.2 Å². The van der Waals surface area contributed by atoms with E-state index in [0.717, 1.165) is 57.7 Å². The maximum absolute atomic E-state index is 16.1. The molecule has 256 valence electrons. The van der Waals surface area contributed by atoms with Crippen LogP contribution >= 0.6 is 7.67 Å². The second-order valence-electron chi connectivity index (χ2n) is 11.7. The zero-order valence-corrected chi connectivity index (χ0v) is 26.9. The number of aliphatic hydroxyl groups is 1. The predicted molar refractivity (Wildman–Crippen MR) is 159 cm³/mol. The number of aromatic nitrogens is 2. The van der Waals surface area contributed by atoms with Crippen molar-refractivity contribution in [2.24, 2.45) is 0 Å². The number of carbonyl (C=O) groups excluding carboxylic acids is 2. The van der Waals surface area contributed by atoms with Crippen molar-refractivity contribution in [3.8, 4) is 0 Å². The van der Waals surface area contributed by atoms with Crippen LogP contribution in [0.25, 0.3) is 0 Å². The van der Waals surface area contributed by atoms with E-state index in [1.165, 1.54) is 13.8 Å². The van der Waals surface area contributed by atoms with E-state index in [1.807, 2.05) is 0 Å². The number of nitrogens with one attached hydrogen (secondary N) is 2. The van der Waals surface area contributed by atoms with Crippen LogP contribution in [0, 0.1) is 0 Å². The van der Waals surface area contributed by atoms with Crippen molar-refractivity contribution in [1.82, 2.24) is 19.7 Å². The number of rotatable bonds is 16. The first-order chi connectivity index (χ1) is 21.2. The maximum Gasteiger partial charge on any atom is 0.351 e. The van der Waals surface area contributed by atoms with Crippen molar-refractivity contribution < 1.29 is 46.8 Å². The lowest BCUT2D eigenvalue weighted by molar-refractivity contribution is -0.260. The Hall–Kier alpha value is -2.49. The summed E-state index contributed by atoms with van der Waals surface area (Å²) in [5, 5.41) is 15.2. The number of nitrogen functional groups attached to an aromatic ring is 1. The third-order valence-corrected chi connectivity index (χ3v) is 9.74. The van der Waals surface area contributed by atoms with Gasteiger partial charge in [0.2, 0.25) is 0 Å². The molecule has 0 aromatic carbocycles. The normalized spacial score (nSPS) is 20.8. The molecule has 0 bridgehead atoms. The summed E-state index contributed by atoms with van der Waals surface area (Å²) < 4.78 is 66.5. The number of nitrogens with two attached hydrogens (primary N) is 1. The molecule has 5 atom stereocenters. The molecule has 0 amide bonds. The van der Waals surface area contributed by atoms with Gasteiger partial charge in [-0.3, -0.25) is 23.2 Å². The molecule has 14 nitrogen and oxygen atoms in total. The highest BCUT2D eigenvalue weighted by Crippen LogP contribution is 2.42. The molecule has 0 radical (unpaired) electrons. The first-order valence-corrected chi connectivity index (χ1v) is 17.0. The van der Waals surface area contributed by atoms with E-state index in [4.69, 9.17) is 24.5 Å². The molecule has 5 N–H and O–H groups in total. The summed E-state index contributed by atoms with van der Waals surface area (Å²) in [4.78, 5) is 41.4. The molecule has 2 fully saturated rings. The highest BCUT2D eigenvalue weighted by atomic mass is 31.2. The van der Waals surface area contributed by atoms with Gasteiger partial charge in [0.25, 0.3) is 5.85 Å². The zero-order valence-electron chi connectivity index (χ0n) is 26.0. The molecule has 1 aromatic rings. The fourth-order valence-corrected chi connectivity index (χ4v) is 6.90. The molecule has 2 aliphatic rings. The minimum atomic E-state index is -4.55. The number of hydrogen-bond donors (Lipinski definition) is 4. The Morgan fingerprint density at radius 2 is 1.53 bits per heavy atom. The molecule has 17 heteroatoms. The van der Waals surface area contributed by atoms with E-state index < -0.39 is 68.9 Å². The molecule has 1 aromatic heterocycles. The van der Waals surface area contributed by atoms with Crippen molar-refractivity contribution in [3.05, 3.63) is 22.7 Å². The van der Waals surface area contributed by atoms with Gasteiger partial charge in [0.05, 0.1) is 0 Å². The van der Waals surface area contributed by atoms with Gasteiger partial charge in [0.15, 0.2) is 6.23 Å². The third kappa shape index (κ3) is 11.1. The van der Waals surface area contributed by atoms with Crippen LogP contribution in [0.1, 0.15) is 91.2 Å². The molecule has 45 heavy (non-hydrogen) atoms. The molecular weight excluding hydrogens is 619 g/mol. The summed E-state index contributed by atoms with van der Waals surface area (Å²) in [5.41, 5.74) is 4.42. The number of carbonyl (C=O) groups is 2. The first-order valence-electron chi connectivity index (χ1n) is 15.4. The summed E-state index contributed by atoms with van der Waals surface area (Å²) >= 11 is 0. The van der Waals surface area contributed by atoms with E-state index in [1.54, 1.807) is 0 Å². The molecule has 0 aliphatic heterocycles. The number of hydrogen-bond acceptors (Lipinski definition) is 11. The molecule has 0 unspecified atom stereocenters. The van der Waals surface area contributed by atoms with Crippen LogP contribution in [0.4, 0.5) is 14.6 Å². The largest absolute Gasteiger partial charge is 0.461 e. The second kappa shape index (κ2) is 16.9. The summed E-state index contributed by atoms with van der Waals surface area (Å²) in [5.74, 6) is -4.88. The Morgan fingerprint density at radius 3 is 1.96 bits per heavy atom. The molecule has 3 rings (SSSR count). The summed E-state index contributed by atoms with van der Waals surface area (Å²) in [6, 6.07) is -1.33. The Balaban J connectivity index is 1.78. The number of nitrogens with zero attached hydrogens (tertiary/aromatic N) is 2. The number of esters is 2. The van der Waals surface area contributed by atoms with Gasteiger partial charge >= 0.3 is 25.3 Å². The Kier molecular flexibility index (Phi) is 13.9. The molecule has 0 saturated heterocycles. The van der Waals surface area contributed by atoms with Crippen LogP contribution in [-0.4, -0.2) is 76.1 Å². The van der Waals surface area contributed by atoms with Crippen LogP contribution in [-0.2, 0) is 32.9 Å². The number of alkyl halides is 2. The van der Waals surface area contributed by atoms with Gasteiger partial charge in [0.1, 0.15) is 49.5 Å². The van der Waals surface area contributed by atoms with Crippen molar-refractivity contribution in [2.75, 3.05) is 19.0 Å². The smallest absolute Gasteiger partial charge is 0.351 e. The number of aliphatic hydroxyl groups excluding tert-OH is 1. The average Bonchev–Trinajstić information content (AvgIpc) is 3.00. The first kappa shape index (κ1) is 37.0. The fraction of sp³-hybridized carbons (Fsp3) is 0.786. The lowest BCUT2D eigenvalue weighted by Gasteiger charge is -2.34. The van der Waals surface area contributed by atoms with Gasteiger partial charge in [0, 0.05) is 6.20 Å². The lowest BCUT2D eigenvalue weighted by Crippen LogP contribution is -2.48. The van der Waals surface area contributed by atoms with E-state index in [9.17, 15) is 28.4 Å². The van der Waals surface area contributed by atoms with E-state index in [0.29, 0.717) is 30.3 Å². The number of anilines is 1. The predicted octanol–water partition coefficient (Wildman–Crippen LogP) is 3.19. The van der Waals surface area contributed by atoms with Gasteiger partial charge in [-0.1, -0.05) is 12.8 Å². The van der Waals surface area contributed by atoms with Crippen LogP contribution in [0.2, 0.25) is 0 Å². The van der Waals surface area contributed by atoms with Crippen molar-refractivity contribution in [2.45, 2.75) is 127 Å². The Morgan fingerprint density at radius 1 is 1.04 bits per heavy atom. The van der Waals surface area contributed by atoms with Gasteiger partial charge < -0.3 is 25.1 Å². The Labute approximate surface area is 261 Å². The summed E-state index contributed by atoms with van der Waals surface area (Å²) in [7, 11) is -4.55. The van der Waals surface area contributed by atoms with Gasteiger partial charge in [-0.05, 0) is 78.2 Å². The monoisotopic (exact) mass is 665 g/mol. The van der Waals surface area contributed by atoms with Crippen LogP contribution in [0.3, 0.4) is 0 Å². The highest BCUT2D eigenvalue weighted by molar-refractivity contribution is 7.54. The van der Waals surface area contributed by atoms with Crippen LogP contribution in [0.15, 0.2) is 17.1 Å². The van der Waals surface area contributed by atoms with Crippen molar-refractivity contribution in [1.29, 1.82) is 0 Å². The van der Waals surface area contributed by atoms with Gasteiger partial charge in [-0.2, -0.15) is 4.98 Å². The number of ether oxygens (including phenoxy) is 3. The third-order valence-electron chi connectivity index (χ3n) is 7.80. The van der Waals surface area contributed by atoms with Crippen LogP contribution in [0.5, 0.6) is 0 Å². The summed E-state index contributed by atoms with van der Waals surface area (Å²) in [6.45, 7) is 0.988. The quantitative estimate of drug-likeness (QED) is 0.149. The van der Waals surface area contributed by atoms with E-state index in [-0.39, 0.29) is 18.0 Å². The summed E-state index contributed by atoms with van der Waals surface area (Å²) in [6.07, 6.45) is 4.94. The molecule has 2 saturated carbocycles. The molecule has 1 heterocycles. The van der Waals surface area contributed by atoms with E-state index >= 15 is 4.39 Å². The average molecular weight is 666 g/mol. The second-order valence-corrected chi connectivity index (χ2v) is 13.5. The number of halogens is 2. The van der Waals surface area contributed by atoms with Gasteiger partial charge in [-0.25, -0.2) is 23.7 Å². The fourth-order valence-electron chi connectivity index (χ4n) is 5.09. The van der Waals surface area contributed by atoms with Crippen molar-refractivity contribution in [3.63, 3.8) is 0 Å². The van der Waals surface area contributed by atoms with Gasteiger partial charge in [-0.15, -0.1) is 0 Å². The van der Waals surface area contributed by atoms with Crippen molar-refractivity contribution >= 4 is 25.4 Å². The molecule has 2 aliphatic carbocycles. The minimum absolute atomic E-state index is 0.162. The maximum atomic E-state index is 16.1. The molecular formula is C28H46F2N5O9P. The zero-order chi connectivity index (χ0) is 33.2. The lowest BCUT2D eigenvalue weighted by atomic mass is 9.98. The standard InChI is InChI=1S/C28H46F2N5O9P/c1-18(25(37)42-21-10-6-4-7-11-21)33-45(40,34-19(2)26(38)43-22-12-8-5-9-13-22)41-17-28(30,20(3)36)44-24(16-29)35-15-14-23(31)32-27(35)39/h14-15,18-22,24,36H,4-13,16-17H2,1-3H3,(H2,31,32,39)(H2,33,34,40)/t18-,19-,20-,24+,28+/m0/s1. The molecule has 0 spiro atoms. The topological polar surface area (TPSA) is 193 Å². The Bertz CT molecular complexity index is 1190. The highest BCUT2D eigenvalue weighted by Gasteiger charge is 2.44. The van der Waals surface area contributed by atoms with Crippen LogP contribution < -0.4 is 21.6 Å². The SMILES string of the molecule is C[C@H](NP(=O)(N[C@@H](C)C(=O)OC1CCCCC1)OC[C@@](F)(O[C@H](CF)n1ccc(N)nc1=O)[C@H](C)O)C(=O)OC1CCCCC1. The minimum Gasteiger partial charge on any atom is -0.461 e.